The molecule has 2 aromatic rings. The first kappa shape index (κ1) is 12.7. The number of nitrogens with zero attached hydrogens (tertiary/aromatic N) is 1. The fourth-order valence-electron chi connectivity index (χ4n) is 2.66. The molecule has 0 bridgehead atoms. The first-order valence-corrected chi connectivity index (χ1v) is 6.82. The number of benzene rings is 2. The van der Waals surface area contributed by atoms with Gasteiger partial charge in [0, 0.05) is 25.5 Å². The molecule has 1 amide bonds. The van der Waals surface area contributed by atoms with Gasteiger partial charge in [0.1, 0.15) is 0 Å². The number of likely N-dealkylation sites (N-methyl/N-ethyl adjacent to an activating group) is 1. The van der Waals surface area contributed by atoms with Crippen LogP contribution in [0, 0.1) is 0 Å². The molecule has 102 valence electrons. The van der Waals surface area contributed by atoms with E-state index in [0.29, 0.717) is 6.42 Å². The zero-order chi connectivity index (χ0) is 14.1. The lowest BCUT2D eigenvalue weighted by atomic mass is 10.0. The molecule has 0 saturated heterocycles. The largest absolute Gasteiger partial charge is 0.388 e. The maximum absolute atomic E-state index is 11.7. The molecule has 0 spiro atoms. The summed E-state index contributed by atoms with van der Waals surface area (Å²) in [5.41, 5.74) is 5.84. The Kier molecular flexibility index (Phi) is 3.18. The number of carbonyl (C=O) groups is 1. The zero-order valence-corrected chi connectivity index (χ0v) is 11.8. The molecule has 1 aliphatic heterocycles. The molecule has 1 heterocycles. The second-order valence-corrected chi connectivity index (χ2v) is 5.22. The monoisotopic (exact) mass is 266 g/mol. The summed E-state index contributed by atoms with van der Waals surface area (Å²) in [5, 5.41) is 3.12. The molecule has 1 N–H and O–H groups in total. The maximum Gasteiger partial charge on any atom is 0.231 e. The minimum Gasteiger partial charge on any atom is -0.388 e. The van der Waals surface area contributed by atoms with Crippen molar-refractivity contribution in [2.75, 3.05) is 24.3 Å². The normalized spacial score (nSPS) is 13.5. The van der Waals surface area contributed by atoms with Crippen LogP contribution in [0.4, 0.5) is 11.4 Å². The summed E-state index contributed by atoms with van der Waals surface area (Å²) >= 11 is 0. The van der Waals surface area contributed by atoms with Crippen LogP contribution < -0.4 is 10.2 Å². The van der Waals surface area contributed by atoms with E-state index in [-0.39, 0.29) is 5.91 Å². The molecule has 20 heavy (non-hydrogen) atoms. The molecule has 0 fully saturated rings. The van der Waals surface area contributed by atoms with Gasteiger partial charge < -0.3 is 10.2 Å². The SMILES string of the molecule is CNc1ccc(Cc2ccc3c(c2)CC(=O)N3C)cc1. The summed E-state index contributed by atoms with van der Waals surface area (Å²) in [6.07, 6.45) is 1.42. The summed E-state index contributed by atoms with van der Waals surface area (Å²) in [5.74, 6) is 0.176. The van der Waals surface area contributed by atoms with Crippen molar-refractivity contribution in [1.82, 2.24) is 0 Å². The van der Waals surface area contributed by atoms with E-state index in [2.05, 4.69) is 47.8 Å². The van der Waals surface area contributed by atoms with Crippen LogP contribution in [0.15, 0.2) is 42.5 Å². The molecule has 3 heteroatoms. The molecular weight excluding hydrogens is 248 g/mol. The Morgan fingerprint density at radius 2 is 1.80 bits per heavy atom. The molecule has 0 saturated carbocycles. The highest BCUT2D eigenvalue weighted by atomic mass is 16.2. The van der Waals surface area contributed by atoms with Crippen molar-refractivity contribution in [3.63, 3.8) is 0 Å². The van der Waals surface area contributed by atoms with Gasteiger partial charge in [0.15, 0.2) is 0 Å². The fourth-order valence-corrected chi connectivity index (χ4v) is 2.66. The van der Waals surface area contributed by atoms with E-state index < -0.39 is 0 Å². The number of hydrogen-bond donors (Lipinski definition) is 1. The van der Waals surface area contributed by atoms with E-state index in [9.17, 15) is 4.79 Å². The van der Waals surface area contributed by atoms with Crippen LogP contribution in [0.1, 0.15) is 16.7 Å². The summed E-state index contributed by atoms with van der Waals surface area (Å²) < 4.78 is 0. The Labute approximate surface area is 119 Å². The van der Waals surface area contributed by atoms with E-state index in [0.717, 1.165) is 23.4 Å². The summed E-state index contributed by atoms with van der Waals surface area (Å²) in [6.45, 7) is 0. The van der Waals surface area contributed by atoms with Gasteiger partial charge in [-0.3, -0.25) is 4.79 Å². The van der Waals surface area contributed by atoms with Gasteiger partial charge in [-0.25, -0.2) is 0 Å². The highest BCUT2D eigenvalue weighted by Crippen LogP contribution is 2.29. The number of carbonyl (C=O) groups excluding carboxylic acids is 1. The lowest BCUT2D eigenvalue weighted by molar-refractivity contribution is -0.117. The number of anilines is 2. The Morgan fingerprint density at radius 3 is 2.50 bits per heavy atom. The molecule has 3 rings (SSSR count). The van der Waals surface area contributed by atoms with Crippen molar-refractivity contribution in [2.24, 2.45) is 0 Å². The second-order valence-electron chi connectivity index (χ2n) is 5.22. The predicted octanol–water partition coefficient (Wildman–Crippen LogP) is 2.84. The topological polar surface area (TPSA) is 32.3 Å². The Bertz CT molecular complexity index is 647. The minimum absolute atomic E-state index is 0.176. The van der Waals surface area contributed by atoms with Crippen molar-refractivity contribution in [3.8, 4) is 0 Å². The van der Waals surface area contributed by atoms with Gasteiger partial charge in [-0.05, 0) is 41.3 Å². The molecule has 3 nitrogen and oxygen atoms in total. The van der Waals surface area contributed by atoms with Crippen LogP contribution in [0.5, 0.6) is 0 Å². The summed E-state index contributed by atoms with van der Waals surface area (Å²) in [7, 11) is 3.76. The van der Waals surface area contributed by atoms with Crippen molar-refractivity contribution < 1.29 is 4.79 Å². The van der Waals surface area contributed by atoms with Crippen LogP contribution in [0.25, 0.3) is 0 Å². The third kappa shape index (κ3) is 2.27. The van der Waals surface area contributed by atoms with Gasteiger partial charge in [0.25, 0.3) is 0 Å². The molecule has 1 aliphatic rings. The molecular formula is C17H18N2O. The van der Waals surface area contributed by atoms with Gasteiger partial charge in [-0.15, -0.1) is 0 Å². The van der Waals surface area contributed by atoms with Gasteiger partial charge in [0.2, 0.25) is 5.91 Å². The number of fused-ring (bicyclic) bond motifs is 1. The quantitative estimate of drug-likeness (QED) is 0.926. The lowest BCUT2D eigenvalue weighted by Gasteiger charge is -2.10. The van der Waals surface area contributed by atoms with Crippen LogP contribution >= 0.6 is 0 Å². The van der Waals surface area contributed by atoms with Crippen molar-refractivity contribution in [2.45, 2.75) is 12.8 Å². The molecule has 0 aliphatic carbocycles. The molecule has 2 aromatic carbocycles. The number of nitrogens with one attached hydrogen (secondary N) is 1. The van der Waals surface area contributed by atoms with Crippen molar-refractivity contribution in [3.05, 3.63) is 59.2 Å². The second kappa shape index (κ2) is 5.00. The van der Waals surface area contributed by atoms with Gasteiger partial charge >= 0.3 is 0 Å². The number of rotatable bonds is 3. The van der Waals surface area contributed by atoms with E-state index >= 15 is 0 Å². The molecule has 0 unspecified atom stereocenters. The fraction of sp³-hybridized carbons (Fsp3) is 0.235. The van der Waals surface area contributed by atoms with Crippen LogP contribution in [0.2, 0.25) is 0 Å². The van der Waals surface area contributed by atoms with Crippen molar-refractivity contribution >= 4 is 17.3 Å². The smallest absolute Gasteiger partial charge is 0.231 e. The first-order chi connectivity index (χ1) is 9.67. The highest BCUT2D eigenvalue weighted by Gasteiger charge is 2.23. The lowest BCUT2D eigenvalue weighted by Crippen LogP contribution is -2.20. The number of hydrogen-bond acceptors (Lipinski definition) is 2. The third-order valence-electron chi connectivity index (χ3n) is 3.87. The zero-order valence-electron chi connectivity index (χ0n) is 11.8. The van der Waals surface area contributed by atoms with Crippen molar-refractivity contribution in [1.29, 1.82) is 0 Å². The summed E-state index contributed by atoms with van der Waals surface area (Å²) in [6, 6.07) is 14.8. The molecule has 0 radical (unpaired) electrons. The van der Waals surface area contributed by atoms with Crippen LogP contribution in [-0.2, 0) is 17.6 Å². The standard InChI is InChI=1S/C17H18N2O/c1-18-15-6-3-12(4-7-15)9-13-5-8-16-14(10-13)11-17(20)19(16)2/h3-8,10,18H,9,11H2,1-2H3. The molecule has 0 atom stereocenters. The van der Waals surface area contributed by atoms with Crippen LogP contribution in [-0.4, -0.2) is 20.0 Å². The summed E-state index contributed by atoms with van der Waals surface area (Å²) in [4.78, 5) is 13.4. The van der Waals surface area contributed by atoms with Gasteiger partial charge in [0.05, 0.1) is 6.42 Å². The first-order valence-electron chi connectivity index (χ1n) is 6.82. The van der Waals surface area contributed by atoms with E-state index in [1.165, 1.54) is 11.1 Å². The van der Waals surface area contributed by atoms with Crippen LogP contribution in [0.3, 0.4) is 0 Å². The average Bonchev–Trinajstić information content (AvgIpc) is 2.74. The Morgan fingerprint density at radius 1 is 1.10 bits per heavy atom. The predicted molar refractivity (Wildman–Crippen MR) is 82.4 cm³/mol. The molecule has 0 aromatic heterocycles. The van der Waals surface area contributed by atoms with E-state index in [1.807, 2.05) is 14.1 Å². The van der Waals surface area contributed by atoms with E-state index in [1.54, 1.807) is 4.90 Å². The van der Waals surface area contributed by atoms with Gasteiger partial charge in [-0.2, -0.15) is 0 Å². The maximum atomic E-state index is 11.7. The minimum atomic E-state index is 0.176. The third-order valence-corrected chi connectivity index (χ3v) is 3.87. The Balaban J connectivity index is 1.82. The van der Waals surface area contributed by atoms with Gasteiger partial charge in [-0.1, -0.05) is 24.3 Å². The number of amides is 1. The average molecular weight is 266 g/mol. The Hall–Kier alpha value is -2.29. The van der Waals surface area contributed by atoms with E-state index in [4.69, 9.17) is 0 Å². The highest BCUT2D eigenvalue weighted by molar-refractivity contribution is 6.00.